The number of allylic oxidation sites excluding steroid dienone is 1. The molecule has 2 rings (SSSR count). The number of urea groups is 1. The summed E-state index contributed by atoms with van der Waals surface area (Å²) in [6.07, 6.45) is 1.77. The highest BCUT2D eigenvalue weighted by atomic mass is 16.6. The molecule has 1 aromatic carbocycles. The highest BCUT2D eigenvalue weighted by Crippen LogP contribution is 2.31. The Bertz CT molecular complexity index is 749. The van der Waals surface area contributed by atoms with Gasteiger partial charge in [0.15, 0.2) is 0 Å². The number of rotatable bonds is 8. The van der Waals surface area contributed by atoms with Gasteiger partial charge in [-0.2, -0.15) is 5.26 Å². The average molecular weight is 371 g/mol. The van der Waals surface area contributed by atoms with Crippen molar-refractivity contribution in [3.05, 3.63) is 46.7 Å². The van der Waals surface area contributed by atoms with E-state index >= 15 is 0 Å². The number of nitriles is 1. The fourth-order valence-corrected chi connectivity index (χ4v) is 2.93. The van der Waals surface area contributed by atoms with Crippen molar-refractivity contribution in [1.29, 1.82) is 5.26 Å². The summed E-state index contributed by atoms with van der Waals surface area (Å²) in [4.78, 5) is 26.9. The van der Waals surface area contributed by atoms with Gasteiger partial charge in [0.1, 0.15) is 6.61 Å². The zero-order valence-electron chi connectivity index (χ0n) is 15.9. The van der Waals surface area contributed by atoms with E-state index in [-0.39, 0.29) is 12.6 Å². The van der Waals surface area contributed by atoms with Crippen LogP contribution in [0.25, 0.3) is 0 Å². The predicted molar refractivity (Wildman–Crippen MR) is 99.6 cm³/mol. The van der Waals surface area contributed by atoms with Gasteiger partial charge in [-0.3, -0.25) is 4.90 Å². The Hall–Kier alpha value is -2.85. The van der Waals surface area contributed by atoms with Crippen LogP contribution >= 0.6 is 0 Å². The Kier molecular flexibility index (Phi) is 7.38. The number of amides is 2. The number of esters is 1. The van der Waals surface area contributed by atoms with Gasteiger partial charge in [-0.05, 0) is 31.0 Å². The number of hydrogen-bond donors (Lipinski definition) is 1. The number of carbonyl (C=O) groups is 2. The van der Waals surface area contributed by atoms with E-state index in [0.717, 1.165) is 18.4 Å². The van der Waals surface area contributed by atoms with Gasteiger partial charge in [-0.1, -0.05) is 25.5 Å². The van der Waals surface area contributed by atoms with E-state index in [1.54, 1.807) is 36.1 Å². The van der Waals surface area contributed by atoms with Gasteiger partial charge in [0.05, 0.1) is 29.9 Å². The molecule has 144 valence electrons. The zero-order valence-corrected chi connectivity index (χ0v) is 15.9. The third-order valence-corrected chi connectivity index (χ3v) is 4.45. The summed E-state index contributed by atoms with van der Waals surface area (Å²) in [5.74, 6) is -0.486. The van der Waals surface area contributed by atoms with Crippen molar-refractivity contribution >= 4 is 12.0 Å². The minimum Gasteiger partial charge on any atom is -0.460 e. The van der Waals surface area contributed by atoms with Crippen LogP contribution in [0, 0.1) is 11.3 Å². The van der Waals surface area contributed by atoms with Crippen LogP contribution in [0.3, 0.4) is 0 Å². The molecule has 1 aliphatic rings. The topological polar surface area (TPSA) is 91.7 Å². The lowest BCUT2D eigenvalue weighted by Crippen LogP contribution is -2.48. The lowest BCUT2D eigenvalue weighted by Gasteiger charge is -2.35. The van der Waals surface area contributed by atoms with Crippen LogP contribution in [0.5, 0.6) is 0 Å². The first-order valence-corrected chi connectivity index (χ1v) is 8.98. The van der Waals surface area contributed by atoms with Gasteiger partial charge >= 0.3 is 12.0 Å². The maximum absolute atomic E-state index is 12.8. The minimum atomic E-state index is -0.627. The predicted octanol–water partition coefficient (Wildman–Crippen LogP) is 2.89. The summed E-state index contributed by atoms with van der Waals surface area (Å²) in [6, 6.07) is 7.98. The number of nitrogens with one attached hydrogen (secondary N) is 1. The normalized spacial score (nSPS) is 16.7. The number of ether oxygens (including phenoxy) is 2. The molecule has 0 unspecified atom stereocenters. The monoisotopic (exact) mass is 371 g/mol. The molecule has 1 aromatic rings. The molecule has 1 atom stereocenters. The highest BCUT2D eigenvalue weighted by molar-refractivity contribution is 5.95. The molecule has 2 amide bonds. The molecule has 0 bridgehead atoms. The number of methoxy groups -OCH3 is 1. The summed E-state index contributed by atoms with van der Waals surface area (Å²) in [5.41, 5.74) is 2.21. The molecular formula is C20H25N3O4. The SMILES string of the molecule is CCCCN1C(=O)N[C@@H](c2ccc(C#N)cc2)C(C(=O)OCCOC)=C1C. The summed E-state index contributed by atoms with van der Waals surface area (Å²) >= 11 is 0. The van der Waals surface area contributed by atoms with Crippen LogP contribution in [-0.4, -0.2) is 43.8 Å². The fourth-order valence-electron chi connectivity index (χ4n) is 2.93. The van der Waals surface area contributed by atoms with Gasteiger partial charge in [-0.25, -0.2) is 9.59 Å². The number of carbonyl (C=O) groups excluding carboxylic acids is 2. The molecular weight excluding hydrogens is 346 g/mol. The maximum Gasteiger partial charge on any atom is 0.338 e. The van der Waals surface area contributed by atoms with Crippen LogP contribution in [0.1, 0.15) is 43.9 Å². The Labute approximate surface area is 159 Å². The van der Waals surface area contributed by atoms with E-state index in [1.807, 2.05) is 6.92 Å². The third-order valence-electron chi connectivity index (χ3n) is 4.45. The Balaban J connectivity index is 2.39. The van der Waals surface area contributed by atoms with Crippen molar-refractivity contribution in [3.63, 3.8) is 0 Å². The maximum atomic E-state index is 12.8. The van der Waals surface area contributed by atoms with Crippen LogP contribution in [0.15, 0.2) is 35.5 Å². The molecule has 7 nitrogen and oxygen atoms in total. The first kappa shape index (κ1) is 20.5. The van der Waals surface area contributed by atoms with Crippen molar-refractivity contribution in [2.75, 3.05) is 26.9 Å². The van der Waals surface area contributed by atoms with Crippen molar-refractivity contribution in [3.8, 4) is 6.07 Å². The second-order valence-corrected chi connectivity index (χ2v) is 6.25. The fraction of sp³-hybridized carbons (Fsp3) is 0.450. The van der Waals surface area contributed by atoms with E-state index < -0.39 is 12.0 Å². The number of hydrogen-bond acceptors (Lipinski definition) is 5. The molecule has 0 radical (unpaired) electrons. The van der Waals surface area contributed by atoms with Gasteiger partial charge in [0.25, 0.3) is 0 Å². The zero-order chi connectivity index (χ0) is 19.8. The van der Waals surface area contributed by atoms with Gasteiger partial charge in [-0.15, -0.1) is 0 Å². The van der Waals surface area contributed by atoms with Crippen LogP contribution < -0.4 is 5.32 Å². The molecule has 1 aliphatic heterocycles. The molecule has 0 saturated carbocycles. The standard InChI is InChI=1S/C20H25N3O4/c1-4-5-10-23-14(2)17(19(24)27-12-11-26-3)18(22-20(23)25)16-8-6-15(13-21)7-9-16/h6-9,18H,4-5,10-12H2,1-3H3,(H,22,25)/t18-/m0/s1. The van der Waals surface area contributed by atoms with Gasteiger partial charge < -0.3 is 14.8 Å². The summed E-state index contributed by atoms with van der Waals surface area (Å²) in [7, 11) is 1.53. The smallest absolute Gasteiger partial charge is 0.338 e. The Morgan fingerprint density at radius 3 is 2.59 bits per heavy atom. The summed E-state index contributed by atoms with van der Waals surface area (Å²) in [6.45, 7) is 4.77. The lowest BCUT2D eigenvalue weighted by molar-refractivity contribution is -0.140. The number of unbranched alkanes of at least 4 members (excludes halogenated alkanes) is 1. The number of benzene rings is 1. The van der Waals surface area contributed by atoms with Crippen molar-refractivity contribution < 1.29 is 19.1 Å². The molecule has 0 saturated heterocycles. The van der Waals surface area contributed by atoms with Gasteiger partial charge in [0.2, 0.25) is 0 Å². The molecule has 1 N–H and O–H groups in total. The second kappa shape index (κ2) is 9.74. The van der Waals surface area contributed by atoms with Crippen molar-refractivity contribution in [2.45, 2.75) is 32.7 Å². The minimum absolute atomic E-state index is 0.134. The quantitative estimate of drug-likeness (QED) is 0.560. The van der Waals surface area contributed by atoms with E-state index in [4.69, 9.17) is 14.7 Å². The lowest BCUT2D eigenvalue weighted by atomic mass is 9.94. The molecule has 27 heavy (non-hydrogen) atoms. The Morgan fingerprint density at radius 1 is 1.30 bits per heavy atom. The van der Waals surface area contributed by atoms with Gasteiger partial charge in [0, 0.05) is 19.4 Å². The molecule has 0 fully saturated rings. The average Bonchev–Trinajstić information content (AvgIpc) is 2.67. The molecule has 0 aromatic heterocycles. The van der Waals surface area contributed by atoms with Crippen LogP contribution in [-0.2, 0) is 14.3 Å². The van der Waals surface area contributed by atoms with Crippen LogP contribution in [0.4, 0.5) is 4.79 Å². The third kappa shape index (κ3) is 4.86. The largest absolute Gasteiger partial charge is 0.460 e. The van der Waals surface area contributed by atoms with Crippen molar-refractivity contribution in [1.82, 2.24) is 10.2 Å². The number of nitrogens with zero attached hydrogens (tertiary/aromatic N) is 2. The van der Waals surface area contributed by atoms with E-state index in [1.165, 1.54) is 7.11 Å². The molecule has 1 heterocycles. The first-order chi connectivity index (χ1) is 13.0. The molecule has 0 aliphatic carbocycles. The molecule has 0 spiro atoms. The summed E-state index contributed by atoms with van der Waals surface area (Å²) < 4.78 is 10.3. The van der Waals surface area contributed by atoms with Crippen molar-refractivity contribution in [2.24, 2.45) is 0 Å². The van der Waals surface area contributed by atoms with Crippen LogP contribution in [0.2, 0.25) is 0 Å². The molecule has 7 heteroatoms. The van der Waals surface area contributed by atoms with E-state index in [9.17, 15) is 9.59 Å². The Morgan fingerprint density at radius 2 is 2.00 bits per heavy atom. The first-order valence-electron chi connectivity index (χ1n) is 8.98. The van der Waals surface area contributed by atoms with E-state index in [2.05, 4.69) is 11.4 Å². The second-order valence-electron chi connectivity index (χ2n) is 6.25. The van der Waals surface area contributed by atoms with E-state index in [0.29, 0.717) is 30.0 Å². The highest BCUT2D eigenvalue weighted by Gasteiger charge is 2.36. The summed E-state index contributed by atoms with van der Waals surface area (Å²) in [5, 5.41) is 11.9.